The van der Waals surface area contributed by atoms with Crippen molar-refractivity contribution < 1.29 is 4.79 Å². The molecule has 3 rings (SSSR count). The van der Waals surface area contributed by atoms with E-state index in [-0.39, 0.29) is 5.91 Å². The molecule has 1 amide bonds. The number of nitrogens with zero attached hydrogens (tertiary/aromatic N) is 1. The Morgan fingerprint density at radius 2 is 1.86 bits per heavy atom. The Kier molecular flexibility index (Phi) is 4.05. The second-order valence-electron chi connectivity index (χ2n) is 5.81. The third kappa shape index (κ3) is 2.93. The van der Waals surface area contributed by atoms with Crippen molar-refractivity contribution in [3.8, 4) is 0 Å². The lowest BCUT2D eigenvalue weighted by Gasteiger charge is -2.17. The number of carbonyl (C=O) groups is 1. The summed E-state index contributed by atoms with van der Waals surface area (Å²) >= 11 is 0. The average molecular weight is 292 g/mol. The molecule has 0 heterocycles. The number of benzene rings is 2. The fourth-order valence-corrected chi connectivity index (χ4v) is 2.78. The smallest absolute Gasteiger partial charge is 0.267 e. The molecule has 0 atom stereocenters. The minimum Gasteiger partial charge on any atom is -0.267 e. The van der Waals surface area contributed by atoms with Gasteiger partial charge in [0.05, 0.1) is 5.71 Å². The molecule has 0 bridgehead atoms. The molecule has 0 aliphatic heterocycles. The Hall–Kier alpha value is -2.42. The van der Waals surface area contributed by atoms with Crippen molar-refractivity contribution in [1.82, 2.24) is 5.43 Å². The summed E-state index contributed by atoms with van der Waals surface area (Å²) < 4.78 is 0. The van der Waals surface area contributed by atoms with Gasteiger partial charge in [-0.2, -0.15) is 5.10 Å². The zero-order valence-corrected chi connectivity index (χ0v) is 13.0. The molecule has 112 valence electrons. The number of hydrogen-bond donors (Lipinski definition) is 1. The summed E-state index contributed by atoms with van der Waals surface area (Å²) in [5, 5.41) is 4.37. The lowest BCUT2D eigenvalue weighted by atomic mass is 9.90. The summed E-state index contributed by atoms with van der Waals surface area (Å²) in [6.45, 7) is 4.05. The van der Waals surface area contributed by atoms with Gasteiger partial charge in [-0.05, 0) is 61.9 Å². The highest BCUT2D eigenvalue weighted by molar-refractivity contribution is 6.04. The molecule has 0 fully saturated rings. The van der Waals surface area contributed by atoms with Gasteiger partial charge in [-0.3, -0.25) is 4.79 Å². The van der Waals surface area contributed by atoms with Gasteiger partial charge in [0, 0.05) is 11.1 Å². The quantitative estimate of drug-likeness (QED) is 0.841. The zero-order chi connectivity index (χ0) is 15.5. The topological polar surface area (TPSA) is 41.5 Å². The monoisotopic (exact) mass is 292 g/mol. The second-order valence-corrected chi connectivity index (χ2v) is 5.81. The number of carbonyl (C=O) groups excluding carboxylic acids is 1. The molecule has 1 N–H and O–H groups in total. The van der Waals surface area contributed by atoms with Gasteiger partial charge in [-0.15, -0.1) is 0 Å². The molecule has 0 aromatic heterocycles. The van der Waals surface area contributed by atoms with Gasteiger partial charge in [0.25, 0.3) is 5.91 Å². The van der Waals surface area contributed by atoms with E-state index in [0.29, 0.717) is 5.56 Å². The number of aryl methyl sites for hydroxylation is 3. The molecule has 22 heavy (non-hydrogen) atoms. The van der Waals surface area contributed by atoms with Crippen LogP contribution < -0.4 is 5.43 Å². The number of hydrazone groups is 1. The van der Waals surface area contributed by atoms with E-state index < -0.39 is 0 Å². The van der Waals surface area contributed by atoms with Crippen LogP contribution in [0.3, 0.4) is 0 Å². The van der Waals surface area contributed by atoms with Gasteiger partial charge in [0.15, 0.2) is 0 Å². The lowest BCUT2D eigenvalue weighted by molar-refractivity contribution is 0.0954. The molecule has 2 aromatic carbocycles. The first kappa shape index (κ1) is 14.5. The molecule has 3 nitrogen and oxygen atoms in total. The first-order chi connectivity index (χ1) is 10.6. The van der Waals surface area contributed by atoms with Crippen LogP contribution in [0.15, 0.2) is 47.6 Å². The number of rotatable bonds is 2. The lowest BCUT2D eigenvalue weighted by Crippen LogP contribution is -2.22. The van der Waals surface area contributed by atoms with E-state index >= 15 is 0 Å². The minimum absolute atomic E-state index is 0.154. The molecule has 0 radical (unpaired) electrons. The highest BCUT2D eigenvalue weighted by Gasteiger charge is 2.15. The van der Waals surface area contributed by atoms with Crippen LogP contribution in [0.4, 0.5) is 0 Å². The van der Waals surface area contributed by atoms with E-state index in [2.05, 4.69) is 28.7 Å². The van der Waals surface area contributed by atoms with Crippen molar-refractivity contribution in [3.63, 3.8) is 0 Å². The molecule has 0 saturated carbocycles. The van der Waals surface area contributed by atoms with Crippen LogP contribution in [-0.4, -0.2) is 11.6 Å². The molecule has 1 aliphatic carbocycles. The van der Waals surface area contributed by atoms with Gasteiger partial charge >= 0.3 is 0 Å². The Balaban J connectivity index is 1.79. The van der Waals surface area contributed by atoms with Crippen molar-refractivity contribution >= 4 is 11.6 Å². The normalized spacial score (nSPS) is 15.5. The van der Waals surface area contributed by atoms with Gasteiger partial charge in [0.1, 0.15) is 0 Å². The SMILES string of the molecule is Cc1ccc(C(=O)NN=C2CCCc3ccccc32)cc1C. The molecular formula is C19H20N2O. The third-order valence-corrected chi connectivity index (χ3v) is 4.25. The van der Waals surface area contributed by atoms with Crippen LogP contribution in [-0.2, 0) is 6.42 Å². The number of fused-ring (bicyclic) bond motifs is 1. The van der Waals surface area contributed by atoms with E-state index in [1.165, 1.54) is 11.1 Å². The Bertz CT molecular complexity index is 747. The maximum atomic E-state index is 12.2. The predicted molar refractivity (Wildman–Crippen MR) is 89.3 cm³/mol. The third-order valence-electron chi connectivity index (χ3n) is 4.25. The predicted octanol–water partition coefficient (Wildman–Crippen LogP) is 3.77. The largest absolute Gasteiger partial charge is 0.271 e. The van der Waals surface area contributed by atoms with Crippen molar-refractivity contribution in [2.45, 2.75) is 33.1 Å². The maximum absolute atomic E-state index is 12.2. The standard InChI is InChI=1S/C19H20N2O/c1-13-10-11-16(12-14(13)2)19(22)21-20-18-9-5-7-15-6-3-4-8-17(15)18/h3-4,6,8,10-12H,5,7,9H2,1-2H3,(H,21,22). The second kappa shape index (κ2) is 6.14. The van der Waals surface area contributed by atoms with Crippen molar-refractivity contribution in [1.29, 1.82) is 0 Å². The molecule has 0 saturated heterocycles. The van der Waals surface area contributed by atoms with E-state index in [1.807, 2.05) is 38.1 Å². The average Bonchev–Trinajstić information content (AvgIpc) is 2.55. The fraction of sp³-hybridized carbons (Fsp3) is 0.263. The summed E-state index contributed by atoms with van der Waals surface area (Å²) in [5.41, 5.74) is 9.10. The highest BCUT2D eigenvalue weighted by atomic mass is 16.2. The Labute approximate surface area is 131 Å². The molecule has 0 unspecified atom stereocenters. The van der Waals surface area contributed by atoms with Gasteiger partial charge in [-0.1, -0.05) is 30.3 Å². The van der Waals surface area contributed by atoms with Crippen LogP contribution in [0.5, 0.6) is 0 Å². The van der Waals surface area contributed by atoms with Crippen LogP contribution in [0, 0.1) is 13.8 Å². The first-order valence-electron chi connectivity index (χ1n) is 7.67. The van der Waals surface area contributed by atoms with Crippen LogP contribution >= 0.6 is 0 Å². The van der Waals surface area contributed by atoms with E-state index in [4.69, 9.17) is 0 Å². The van der Waals surface area contributed by atoms with Gasteiger partial charge in [-0.25, -0.2) is 5.43 Å². The number of nitrogens with one attached hydrogen (secondary N) is 1. The van der Waals surface area contributed by atoms with Crippen molar-refractivity contribution in [2.75, 3.05) is 0 Å². The Morgan fingerprint density at radius 1 is 1.05 bits per heavy atom. The number of hydrogen-bond acceptors (Lipinski definition) is 2. The van der Waals surface area contributed by atoms with Crippen LogP contribution in [0.1, 0.15) is 45.5 Å². The maximum Gasteiger partial charge on any atom is 0.271 e. The Morgan fingerprint density at radius 3 is 2.68 bits per heavy atom. The number of amides is 1. The summed E-state index contributed by atoms with van der Waals surface area (Å²) in [6, 6.07) is 14.0. The van der Waals surface area contributed by atoms with E-state index in [1.54, 1.807) is 0 Å². The molecule has 1 aliphatic rings. The first-order valence-corrected chi connectivity index (χ1v) is 7.67. The molecule has 0 spiro atoms. The van der Waals surface area contributed by atoms with Crippen molar-refractivity contribution in [3.05, 3.63) is 70.3 Å². The van der Waals surface area contributed by atoms with E-state index in [0.717, 1.165) is 36.1 Å². The molecular weight excluding hydrogens is 272 g/mol. The van der Waals surface area contributed by atoms with Gasteiger partial charge < -0.3 is 0 Å². The van der Waals surface area contributed by atoms with E-state index in [9.17, 15) is 4.79 Å². The van der Waals surface area contributed by atoms with Crippen LogP contribution in [0.2, 0.25) is 0 Å². The van der Waals surface area contributed by atoms with Crippen LogP contribution in [0.25, 0.3) is 0 Å². The van der Waals surface area contributed by atoms with Gasteiger partial charge in [0.2, 0.25) is 0 Å². The fourth-order valence-electron chi connectivity index (χ4n) is 2.78. The summed E-state index contributed by atoms with van der Waals surface area (Å²) in [6.07, 6.45) is 3.07. The molecule has 3 heteroatoms. The highest BCUT2D eigenvalue weighted by Crippen LogP contribution is 2.21. The summed E-state index contributed by atoms with van der Waals surface area (Å²) in [4.78, 5) is 12.2. The zero-order valence-electron chi connectivity index (χ0n) is 13.0. The summed E-state index contributed by atoms with van der Waals surface area (Å²) in [7, 11) is 0. The van der Waals surface area contributed by atoms with Crippen molar-refractivity contribution in [2.24, 2.45) is 5.10 Å². The minimum atomic E-state index is -0.154. The molecule has 2 aromatic rings. The summed E-state index contributed by atoms with van der Waals surface area (Å²) in [5.74, 6) is -0.154.